The van der Waals surface area contributed by atoms with Gasteiger partial charge >= 0.3 is 0 Å². The van der Waals surface area contributed by atoms with E-state index in [-0.39, 0.29) is 0 Å². The van der Waals surface area contributed by atoms with Crippen LogP contribution < -0.4 is 14.8 Å². The van der Waals surface area contributed by atoms with Crippen LogP contribution in [0, 0.1) is 0 Å². The van der Waals surface area contributed by atoms with Gasteiger partial charge in [0.05, 0.1) is 4.47 Å². The maximum absolute atomic E-state index is 5.70. The van der Waals surface area contributed by atoms with Gasteiger partial charge in [0.25, 0.3) is 0 Å². The Kier molecular flexibility index (Phi) is 3.24. The van der Waals surface area contributed by atoms with Crippen molar-refractivity contribution < 1.29 is 9.47 Å². The minimum absolute atomic E-state index is 0.333. The first-order chi connectivity index (χ1) is 8.68. The molecule has 18 heavy (non-hydrogen) atoms. The molecular weight excluding hydrogens is 294 g/mol. The lowest BCUT2D eigenvalue weighted by Gasteiger charge is -2.20. The third kappa shape index (κ3) is 1.91. The van der Waals surface area contributed by atoms with Gasteiger partial charge in [0.15, 0.2) is 11.5 Å². The minimum Gasteiger partial charge on any atom is -0.453 e. The monoisotopic (exact) mass is 311 g/mol. The van der Waals surface area contributed by atoms with Crippen LogP contribution >= 0.6 is 15.9 Å². The third-order valence-corrected chi connectivity index (χ3v) is 4.33. The zero-order valence-electron chi connectivity index (χ0n) is 10.8. The summed E-state index contributed by atoms with van der Waals surface area (Å²) in [5.74, 6) is 2.85. The van der Waals surface area contributed by atoms with Crippen molar-refractivity contribution in [3.05, 3.63) is 21.7 Å². The number of halogens is 1. The molecule has 3 rings (SSSR count). The largest absolute Gasteiger partial charge is 0.453 e. The molecule has 0 bridgehead atoms. The second kappa shape index (κ2) is 4.74. The Morgan fingerprint density at radius 1 is 1.33 bits per heavy atom. The molecule has 0 amide bonds. The van der Waals surface area contributed by atoms with E-state index >= 15 is 0 Å². The molecule has 2 aliphatic rings. The van der Waals surface area contributed by atoms with Crippen molar-refractivity contribution in [2.75, 3.05) is 19.9 Å². The molecule has 0 aromatic heterocycles. The lowest BCUT2D eigenvalue weighted by Crippen LogP contribution is -2.10. The Morgan fingerprint density at radius 2 is 2.11 bits per heavy atom. The predicted molar refractivity (Wildman–Crippen MR) is 74.6 cm³/mol. The summed E-state index contributed by atoms with van der Waals surface area (Å²) >= 11 is 3.60. The zero-order valence-corrected chi connectivity index (χ0v) is 12.3. The highest BCUT2D eigenvalue weighted by atomic mass is 79.9. The molecule has 98 valence electrons. The summed E-state index contributed by atoms with van der Waals surface area (Å²) in [6.07, 6.45) is 1.20. The van der Waals surface area contributed by atoms with E-state index < -0.39 is 0 Å². The van der Waals surface area contributed by atoms with Gasteiger partial charge in [-0.05, 0) is 52.4 Å². The van der Waals surface area contributed by atoms with Gasteiger partial charge in [-0.3, -0.25) is 0 Å². The van der Waals surface area contributed by atoms with Gasteiger partial charge in [-0.25, -0.2) is 0 Å². The van der Waals surface area contributed by atoms with E-state index in [4.69, 9.17) is 9.47 Å². The average molecular weight is 312 g/mol. The normalized spacial score (nSPS) is 21.9. The highest BCUT2D eigenvalue weighted by Gasteiger charge is 2.29. The highest BCUT2D eigenvalue weighted by molar-refractivity contribution is 9.10. The number of hydrogen-bond acceptors (Lipinski definition) is 3. The molecule has 0 saturated carbocycles. The third-order valence-electron chi connectivity index (χ3n) is 3.75. The summed E-state index contributed by atoms with van der Waals surface area (Å²) in [5, 5.41) is 3.44. The molecule has 1 saturated heterocycles. The first kappa shape index (κ1) is 12.3. The Labute approximate surface area is 116 Å². The quantitative estimate of drug-likeness (QED) is 0.908. The first-order valence-corrected chi connectivity index (χ1v) is 7.30. The molecule has 0 spiro atoms. The van der Waals surface area contributed by atoms with Crippen molar-refractivity contribution in [2.45, 2.75) is 32.1 Å². The van der Waals surface area contributed by atoms with Crippen molar-refractivity contribution in [1.82, 2.24) is 5.32 Å². The molecule has 1 aromatic rings. The Bertz CT molecular complexity index is 467. The lowest BCUT2D eigenvalue weighted by molar-refractivity contribution is 0.172. The number of rotatable bonds is 2. The van der Waals surface area contributed by atoms with E-state index in [1.54, 1.807) is 0 Å². The van der Waals surface area contributed by atoms with Crippen LogP contribution in [0.1, 0.15) is 43.2 Å². The summed E-state index contributed by atoms with van der Waals surface area (Å²) in [7, 11) is 0. The SMILES string of the molecule is CC(C)c1c(C2CCNC2)cc(Br)c2c1OCO2. The zero-order chi connectivity index (χ0) is 12.7. The molecule has 4 heteroatoms. The molecule has 1 unspecified atom stereocenters. The van der Waals surface area contributed by atoms with Crippen LogP contribution in [-0.4, -0.2) is 19.9 Å². The van der Waals surface area contributed by atoms with Crippen molar-refractivity contribution >= 4 is 15.9 Å². The highest BCUT2D eigenvalue weighted by Crippen LogP contribution is 2.48. The number of ether oxygens (including phenoxy) is 2. The van der Waals surface area contributed by atoms with Crippen LogP contribution in [0.25, 0.3) is 0 Å². The average Bonchev–Trinajstić information content (AvgIpc) is 2.99. The molecule has 1 N–H and O–H groups in total. The number of nitrogens with one attached hydrogen (secondary N) is 1. The van der Waals surface area contributed by atoms with Crippen molar-refractivity contribution in [2.24, 2.45) is 0 Å². The molecular formula is C14H18BrNO2. The Hall–Kier alpha value is -0.740. The van der Waals surface area contributed by atoms with E-state index in [9.17, 15) is 0 Å². The summed E-state index contributed by atoms with van der Waals surface area (Å²) in [6.45, 7) is 6.94. The van der Waals surface area contributed by atoms with E-state index in [2.05, 4.69) is 41.2 Å². The van der Waals surface area contributed by atoms with Crippen LogP contribution in [0.15, 0.2) is 10.5 Å². The maximum atomic E-state index is 5.70. The molecule has 2 aliphatic heterocycles. The smallest absolute Gasteiger partial charge is 0.231 e. The van der Waals surface area contributed by atoms with E-state index in [0.717, 1.165) is 29.1 Å². The van der Waals surface area contributed by atoms with Crippen LogP contribution in [0.2, 0.25) is 0 Å². The number of fused-ring (bicyclic) bond motifs is 1. The number of benzene rings is 1. The molecule has 3 nitrogen and oxygen atoms in total. The van der Waals surface area contributed by atoms with Crippen molar-refractivity contribution in [3.63, 3.8) is 0 Å². The summed E-state index contributed by atoms with van der Waals surface area (Å²) < 4.78 is 12.3. The Morgan fingerprint density at radius 3 is 2.78 bits per heavy atom. The predicted octanol–water partition coefficient (Wildman–Crippen LogP) is 3.38. The van der Waals surface area contributed by atoms with E-state index in [0.29, 0.717) is 18.6 Å². The Balaban J connectivity index is 2.14. The maximum Gasteiger partial charge on any atom is 0.231 e. The topological polar surface area (TPSA) is 30.5 Å². The van der Waals surface area contributed by atoms with Crippen molar-refractivity contribution in [1.29, 1.82) is 0 Å². The van der Waals surface area contributed by atoms with E-state index in [1.807, 2.05) is 0 Å². The fourth-order valence-corrected chi connectivity index (χ4v) is 3.46. The second-order valence-electron chi connectivity index (χ2n) is 5.27. The van der Waals surface area contributed by atoms with Crippen LogP contribution in [0.5, 0.6) is 11.5 Å². The van der Waals surface area contributed by atoms with Gasteiger partial charge in [-0.2, -0.15) is 0 Å². The standard InChI is InChI=1S/C14H18BrNO2/c1-8(2)12-10(9-3-4-16-6-9)5-11(15)13-14(12)18-7-17-13/h5,8-9,16H,3-4,6-7H2,1-2H3. The van der Waals surface area contributed by atoms with E-state index in [1.165, 1.54) is 17.5 Å². The molecule has 2 heterocycles. The van der Waals surface area contributed by atoms with Gasteiger partial charge in [0.2, 0.25) is 6.79 Å². The molecule has 1 aromatic carbocycles. The lowest BCUT2D eigenvalue weighted by atomic mass is 9.87. The van der Waals surface area contributed by atoms with Gasteiger partial charge in [-0.1, -0.05) is 13.8 Å². The van der Waals surface area contributed by atoms with Gasteiger partial charge in [0.1, 0.15) is 0 Å². The van der Waals surface area contributed by atoms with Crippen LogP contribution in [0.4, 0.5) is 0 Å². The minimum atomic E-state index is 0.333. The molecule has 0 radical (unpaired) electrons. The van der Waals surface area contributed by atoms with Crippen molar-refractivity contribution in [3.8, 4) is 11.5 Å². The summed E-state index contributed by atoms with van der Waals surface area (Å²) in [4.78, 5) is 0. The van der Waals surface area contributed by atoms with Crippen LogP contribution in [0.3, 0.4) is 0 Å². The van der Waals surface area contributed by atoms with Gasteiger partial charge in [0, 0.05) is 12.1 Å². The summed E-state index contributed by atoms with van der Waals surface area (Å²) in [5.41, 5.74) is 2.73. The van der Waals surface area contributed by atoms with Gasteiger partial charge < -0.3 is 14.8 Å². The molecule has 1 atom stereocenters. The second-order valence-corrected chi connectivity index (χ2v) is 6.12. The summed E-state index contributed by atoms with van der Waals surface area (Å²) in [6, 6.07) is 2.22. The van der Waals surface area contributed by atoms with Gasteiger partial charge in [-0.15, -0.1) is 0 Å². The fraction of sp³-hybridized carbons (Fsp3) is 0.571. The fourth-order valence-electron chi connectivity index (χ4n) is 2.92. The molecule has 0 aliphatic carbocycles. The number of hydrogen-bond donors (Lipinski definition) is 1. The first-order valence-electron chi connectivity index (χ1n) is 6.51. The van der Waals surface area contributed by atoms with Crippen LogP contribution in [-0.2, 0) is 0 Å². The molecule has 1 fully saturated rings.